The number of rotatable bonds is 7. The second kappa shape index (κ2) is 9.54. The van der Waals surface area contributed by atoms with Gasteiger partial charge in [-0.3, -0.25) is 10.1 Å². The van der Waals surface area contributed by atoms with Gasteiger partial charge in [0.15, 0.2) is 11.5 Å². The third-order valence-corrected chi connectivity index (χ3v) is 3.96. The first kappa shape index (κ1) is 20.2. The molecule has 2 rings (SSSR count). The fraction of sp³-hybridized carbons (Fsp3) is 0.105. The Kier molecular flexibility index (Phi) is 7.13. The summed E-state index contributed by atoms with van der Waals surface area (Å²) < 4.78 is 16.1. The summed E-state index contributed by atoms with van der Waals surface area (Å²) in [5.74, 6) is 0.562. The highest BCUT2D eigenvalue weighted by Gasteiger charge is 2.14. The van der Waals surface area contributed by atoms with Gasteiger partial charge in [-0.05, 0) is 57.4 Å². The summed E-state index contributed by atoms with van der Waals surface area (Å²) in [6.07, 6.45) is 5.01. The number of nitrogens with zero attached hydrogens (tertiary/aromatic N) is 1. The van der Waals surface area contributed by atoms with Crippen molar-refractivity contribution in [1.82, 2.24) is 0 Å². The Hall–Kier alpha value is -3.13. The Labute approximate surface area is 164 Å². The van der Waals surface area contributed by atoms with Crippen molar-refractivity contribution in [3.05, 3.63) is 74.4 Å². The molecule has 0 atom stereocenters. The van der Waals surface area contributed by atoms with Crippen LogP contribution >= 0.6 is 15.9 Å². The summed E-state index contributed by atoms with van der Waals surface area (Å²) in [7, 11) is 2.99. The number of carbonyl (C=O) groups is 1. The van der Waals surface area contributed by atoms with Crippen LogP contribution in [-0.2, 0) is 4.79 Å². The number of benzene rings is 2. The van der Waals surface area contributed by atoms with Gasteiger partial charge in [0, 0.05) is 12.2 Å². The second-order valence-electron chi connectivity index (χ2n) is 5.16. The van der Waals surface area contributed by atoms with E-state index in [1.54, 1.807) is 43.5 Å². The van der Waals surface area contributed by atoms with Gasteiger partial charge in [0.1, 0.15) is 5.75 Å². The average Bonchev–Trinajstić information content (AvgIpc) is 2.66. The molecule has 0 saturated heterocycles. The largest absolute Gasteiger partial charge is 0.497 e. The quantitative estimate of drug-likeness (QED) is 0.212. The Morgan fingerprint density at radius 1 is 1.07 bits per heavy atom. The summed E-state index contributed by atoms with van der Waals surface area (Å²) in [6.45, 7) is 0. The first-order chi connectivity index (χ1) is 12.9. The number of carbonyl (C=O) groups excluding carboxylic acids is 1. The standard InChI is InChI=1S/C19H16BrNO6/c1-25-15-6-3-13(4-7-15)5-8-18(22)27-19-16(20)11-14(9-10-21(23)24)12-17(19)26-2/h3-12H,1-2H3/b8-5+,10-9+. The van der Waals surface area contributed by atoms with Crippen LogP contribution in [0, 0.1) is 10.1 Å². The SMILES string of the molecule is COc1ccc(/C=C/C(=O)Oc2c(Br)cc(/C=C/[N+](=O)[O-])cc2OC)cc1. The Morgan fingerprint density at radius 2 is 1.78 bits per heavy atom. The highest BCUT2D eigenvalue weighted by Crippen LogP contribution is 2.37. The number of methoxy groups -OCH3 is 2. The van der Waals surface area contributed by atoms with Gasteiger partial charge in [-0.25, -0.2) is 4.79 Å². The summed E-state index contributed by atoms with van der Waals surface area (Å²) in [6, 6.07) is 10.3. The molecule has 27 heavy (non-hydrogen) atoms. The van der Waals surface area contributed by atoms with E-state index in [4.69, 9.17) is 14.2 Å². The summed E-state index contributed by atoms with van der Waals surface area (Å²) >= 11 is 3.29. The predicted molar refractivity (Wildman–Crippen MR) is 104 cm³/mol. The lowest BCUT2D eigenvalue weighted by atomic mass is 10.2. The van der Waals surface area contributed by atoms with Crippen LogP contribution in [0.4, 0.5) is 0 Å². The number of hydrogen-bond donors (Lipinski definition) is 0. The van der Waals surface area contributed by atoms with Crippen molar-refractivity contribution in [1.29, 1.82) is 0 Å². The number of esters is 1. The van der Waals surface area contributed by atoms with E-state index < -0.39 is 10.9 Å². The molecule has 0 bridgehead atoms. The van der Waals surface area contributed by atoms with Gasteiger partial charge in [0.2, 0.25) is 6.20 Å². The molecule has 0 N–H and O–H groups in total. The van der Waals surface area contributed by atoms with E-state index in [0.717, 1.165) is 17.5 Å². The molecule has 2 aromatic rings. The molecule has 0 saturated carbocycles. The predicted octanol–water partition coefficient (Wildman–Crippen LogP) is 4.33. The van der Waals surface area contributed by atoms with E-state index in [9.17, 15) is 14.9 Å². The highest BCUT2D eigenvalue weighted by atomic mass is 79.9. The van der Waals surface area contributed by atoms with E-state index in [0.29, 0.717) is 10.0 Å². The van der Waals surface area contributed by atoms with E-state index in [1.807, 2.05) is 0 Å². The van der Waals surface area contributed by atoms with Gasteiger partial charge in [-0.15, -0.1) is 0 Å². The van der Waals surface area contributed by atoms with Gasteiger partial charge in [-0.1, -0.05) is 12.1 Å². The molecule has 0 aliphatic heterocycles. The summed E-state index contributed by atoms with van der Waals surface area (Å²) in [4.78, 5) is 22.0. The van der Waals surface area contributed by atoms with Crippen LogP contribution in [0.25, 0.3) is 12.2 Å². The average molecular weight is 434 g/mol. The van der Waals surface area contributed by atoms with Crippen LogP contribution in [-0.4, -0.2) is 25.1 Å². The monoisotopic (exact) mass is 433 g/mol. The number of halogens is 1. The normalized spacial score (nSPS) is 10.9. The molecule has 0 aromatic heterocycles. The van der Waals surface area contributed by atoms with Crippen molar-refractivity contribution in [2.45, 2.75) is 0 Å². The first-order valence-electron chi connectivity index (χ1n) is 7.66. The second-order valence-corrected chi connectivity index (χ2v) is 6.02. The van der Waals surface area contributed by atoms with Crippen LogP contribution in [0.2, 0.25) is 0 Å². The van der Waals surface area contributed by atoms with Crippen molar-refractivity contribution in [2.75, 3.05) is 14.2 Å². The van der Waals surface area contributed by atoms with Crippen molar-refractivity contribution < 1.29 is 23.9 Å². The highest BCUT2D eigenvalue weighted by molar-refractivity contribution is 9.10. The lowest BCUT2D eigenvalue weighted by molar-refractivity contribution is -0.400. The molecule has 0 heterocycles. The van der Waals surface area contributed by atoms with Gasteiger partial charge < -0.3 is 14.2 Å². The van der Waals surface area contributed by atoms with Gasteiger partial charge >= 0.3 is 5.97 Å². The number of ether oxygens (including phenoxy) is 3. The minimum atomic E-state index is -0.599. The molecular formula is C19H16BrNO6. The molecule has 0 aliphatic rings. The van der Waals surface area contributed by atoms with E-state index in [-0.39, 0.29) is 11.5 Å². The van der Waals surface area contributed by atoms with Crippen LogP contribution < -0.4 is 14.2 Å². The molecular weight excluding hydrogens is 418 g/mol. The zero-order valence-electron chi connectivity index (χ0n) is 14.5. The van der Waals surface area contributed by atoms with Crippen molar-refractivity contribution >= 4 is 34.1 Å². The molecule has 0 radical (unpaired) electrons. The van der Waals surface area contributed by atoms with Crippen LogP contribution in [0.3, 0.4) is 0 Å². The van der Waals surface area contributed by atoms with Crippen molar-refractivity contribution in [3.63, 3.8) is 0 Å². The first-order valence-corrected chi connectivity index (χ1v) is 8.45. The molecule has 140 valence electrons. The maximum absolute atomic E-state index is 12.1. The fourth-order valence-electron chi connectivity index (χ4n) is 2.10. The lowest BCUT2D eigenvalue weighted by Gasteiger charge is -2.11. The summed E-state index contributed by atoms with van der Waals surface area (Å²) in [5, 5.41) is 10.4. The molecule has 0 amide bonds. The van der Waals surface area contributed by atoms with E-state index >= 15 is 0 Å². The fourth-order valence-corrected chi connectivity index (χ4v) is 2.64. The summed E-state index contributed by atoms with van der Waals surface area (Å²) in [5.41, 5.74) is 1.32. The number of hydrogen-bond acceptors (Lipinski definition) is 6. The van der Waals surface area contributed by atoms with Gasteiger partial charge in [0.25, 0.3) is 0 Å². The minimum absolute atomic E-state index is 0.181. The Balaban J connectivity index is 2.16. The molecule has 8 heteroatoms. The smallest absolute Gasteiger partial charge is 0.336 e. The number of nitro groups is 1. The van der Waals surface area contributed by atoms with Crippen LogP contribution in [0.5, 0.6) is 17.2 Å². The van der Waals surface area contributed by atoms with Crippen molar-refractivity contribution in [2.24, 2.45) is 0 Å². The topological polar surface area (TPSA) is 87.9 Å². The Bertz CT molecular complexity index is 890. The van der Waals surface area contributed by atoms with E-state index in [1.165, 1.54) is 25.3 Å². The van der Waals surface area contributed by atoms with Crippen LogP contribution in [0.15, 0.2) is 53.1 Å². The van der Waals surface area contributed by atoms with Gasteiger partial charge in [-0.2, -0.15) is 0 Å². The maximum atomic E-state index is 12.1. The third-order valence-electron chi connectivity index (χ3n) is 3.37. The lowest BCUT2D eigenvalue weighted by Crippen LogP contribution is -2.06. The van der Waals surface area contributed by atoms with Gasteiger partial charge in [0.05, 0.1) is 23.6 Å². The zero-order chi connectivity index (χ0) is 19.8. The van der Waals surface area contributed by atoms with Crippen molar-refractivity contribution in [3.8, 4) is 17.2 Å². The third kappa shape index (κ3) is 5.96. The maximum Gasteiger partial charge on any atom is 0.336 e. The molecule has 0 unspecified atom stereocenters. The van der Waals surface area contributed by atoms with E-state index in [2.05, 4.69) is 15.9 Å². The molecule has 0 fully saturated rings. The molecule has 0 spiro atoms. The minimum Gasteiger partial charge on any atom is -0.497 e. The molecule has 0 aliphatic carbocycles. The Morgan fingerprint density at radius 3 is 2.37 bits per heavy atom. The zero-order valence-corrected chi connectivity index (χ0v) is 16.1. The van der Waals surface area contributed by atoms with Crippen LogP contribution in [0.1, 0.15) is 11.1 Å². The molecule has 2 aromatic carbocycles. The molecule has 7 nitrogen and oxygen atoms in total.